The molecule has 1 aliphatic rings. The van der Waals surface area contributed by atoms with Crippen LogP contribution in [0.1, 0.15) is 15.9 Å². The third kappa shape index (κ3) is 4.38. The number of benzene rings is 2. The van der Waals surface area contributed by atoms with E-state index in [9.17, 15) is 13.6 Å². The van der Waals surface area contributed by atoms with Gasteiger partial charge in [0.2, 0.25) is 0 Å². The number of aromatic nitrogens is 1. The molecule has 1 aromatic heterocycles. The first-order chi connectivity index (χ1) is 14.0. The van der Waals surface area contributed by atoms with Crippen molar-refractivity contribution in [2.75, 3.05) is 44.2 Å². The Balaban J connectivity index is 1.27. The van der Waals surface area contributed by atoms with Gasteiger partial charge in [-0.2, -0.15) is 0 Å². The summed E-state index contributed by atoms with van der Waals surface area (Å²) < 4.78 is 28.5. The van der Waals surface area contributed by atoms with Crippen LogP contribution in [0.25, 0.3) is 10.2 Å². The molecule has 0 unspecified atom stereocenters. The molecule has 3 aromatic rings. The summed E-state index contributed by atoms with van der Waals surface area (Å²) in [7, 11) is 0. The Morgan fingerprint density at radius 2 is 1.86 bits per heavy atom. The molecule has 1 amide bonds. The summed E-state index contributed by atoms with van der Waals surface area (Å²) in [6, 6.07) is 9.70. The van der Waals surface area contributed by atoms with Crippen LogP contribution in [0.3, 0.4) is 0 Å². The summed E-state index contributed by atoms with van der Waals surface area (Å²) in [4.78, 5) is 21.3. The van der Waals surface area contributed by atoms with Crippen LogP contribution in [-0.2, 0) is 0 Å². The highest BCUT2D eigenvalue weighted by Gasteiger charge is 2.21. The molecule has 1 fully saturated rings. The van der Waals surface area contributed by atoms with Gasteiger partial charge in [-0.15, -0.1) is 0 Å². The van der Waals surface area contributed by atoms with Gasteiger partial charge in [-0.05, 0) is 36.8 Å². The highest BCUT2D eigenvalue weighted by molar-refractivity contribution is 7.22. The van der Waals surface area contributed by atoms with E-state index in [-0.39, 0.29) is 0 Å². The smallest absolute Gasteiger partial charge is 0.257 e. The van der Waals surface area contributed by atoms with E-state index in [0.717, 1.165) is 49.0 Å². The fourth-order valence-electron chi connectivity index (χ4n) is 3.45. The zero-order valence-corrected chi connectivity index (χ0v) is 16.9. The maximum absolute atomic E-state index is 13.7. The second kappa shape index (κ2) is 8.42. The number of nitrogens with one attached hydrogen (secondary N) is 1. The molecule has 0 atom stereocenters. The van der Waals surface area contributed by atoms with Crippen LogP contribution in [0, 0.1) is 18.6 Å². The predicted molar refractivity (Wildman–Crippen MR) is 112 cm³/mol. The summed E-state index contributed by atoms with van der Waals surface area (Å²) >= 11 is 1.71. The van der Waals surface area contributed by atoms with E-state index in [1.807, 2.05) is 0 Å². The molecule has 0 bridgehead atoms. The SMILES string of the molecule is Cc1ccc2nc(N3CCN(CCNC(=O)c4c(F)cccc4F)CC3)sc2c1. The van der Waals surface area contributed by atoms with E-state index >= 15 is 0 Å². The number of carbonyl (C=O) groups excluding carboxylic acids is 1. The highest BCUT2D eigenvalue weighted by Crippen LogP contribution is 2.30. The average molecular weight is 416 g/mol. The zero-order chi connectivity index (χ0) is 20.4. The lowest BCUT2D eigenvalue weighted by Crippen LogP contribution is -2.48. The molecular weight excluding hydrogens is 394 g/mol. The van der Waals surface area contributed by atoms with E-state index in [4.69, 9.17) is 4.98 Å². The van der Waals surface area contributed by atoms with Crippen LogP contribution in [0.15, 0.2) is 36.4 Å². The molecule has 1 N–H and O–H groups in total. The van der Waals surface area contributed by atoms with Crippen molar-refractivity contribution in [3.05, 3.63) is 59.2 Å². The molecule has 2 aromatic carbocycles. The minimum absolute atomic E-state index is 0.340. The van der Waals surface area contributed by atoms with Gasteiger partial charge in [0.05, 0.1) is 10.2 Å². The van der Waals surface area contributed by atoms with Gasteiger partial charge in [0, 0.05) is 39.3 Å². The van der Waals surface area contributed by atoms with E-state index in [0.29, 0.717) is 13.1 Å². The lowest BCUT2D eigenvalue weighted by Gasteiger charge is -2.34. The quantitative estimate of drug-likeness (QED) is 0.692. The largest absolute Gasteiger partial charge is 0.351 e. The van der Waals surface area contributed by atoms with Crippen molar-refractivity contribution < 1.29 is 13.6 Å². The number of hydrogen-bond donors (Lipinski definition) is 1. The highest BCUT2D eigenvalue weighted by atomic mass is 32.1. The molecular formula is C21H22F2N4OS. The molecule has 0 saturated carbocycles. The van der Waals surface area contributed by atoms with Gasteiger partial charge in [0.25, 0.3) is 5.91 Å². The summed E-state index contributed by atoms with van der Waals surface area (Å²) in [5.74, 6) is -2.41. The van der Waals surface area contributed by atoms with Crippen molar-refractivity contribution in [3.63, 3.8) is 0 Å². The van der Waals surface area contributed by atoms with Crippen molar-refractivity contribution in [1.29, 1.82) is 0 Å². The molecule has 0 spiro atoms. The Morgan fingerprint density at radius 1 is 1.14 bits per heavy atom. The normalized spacial score (nSPS) is 15.1. The summed E-state index contributed by atoms with van der Waals surface area (Å²) in [5, 5.41) is 3.65. The van der Waals surface area contributed by atoms with Gasteiger partial charge in [-0.3, -0.25) is 9.69 Å². The molecule has 5 nitrogen and oxygen atoms in total. The first-order valence-corrected chi connectivity index (χ1v) is 10.4. The maximum Gasteiger partial charge on any atom is 0.257 e. The molecule has 0 radical (unpaired) electrons. The van der Waals surface area contributed by atoms with Crippen molar-refractivity contribution >= 4 is 32.6 Å². The van der Waals surface area contributed by atoms with Gasteiger partial charge < -0.3 is 10.2 Å². The van der Waals surface area contributed by atoms with Crippen molar-refractivity contribution in [2.24, 2.45) is 0 Å². The molecule has 2 heterocycles. The third-order valence-corrected chi connectivity index (χ3v) is 6.16. The Morgan fingerprint density at radius 3 is 2.59 bits per heavy atom. The van der Waals surface area contributed by atoms with Gasteiger partial charge in [-0.1, -0.05) is 23.5 Å². The Kier molecular flexibility index (Phi) is 5.73. The Hall–Kier alpha value is -2.58. The topological polar surface area (TPSA) is 48.5 Å². The third-order valence-electron chi connectivity index (χ3n) is 5.08. The molecule has 152 valence electrons. The number of amides is 1. The van der Waals surface area contributed by atoms with E-state index < -0.39 is 23.1 Å². The van der Waals surface area contributed by atoms with Crippen molar-refractivity contribution in [3.8, 4) is 0 Å². The van der Waals surface area contributed by atoms with Crippen molar-refractivity contribution in [2.45, 2.75) is 6.92 Å². The monoisotopic (exact) mass is 416 g/mol. The lowest BCUT2D eigenvalue weighted by molar-refractivity contribution is 0.0939. The van der Waals surface area contributed by atoms with Gasteiger partial charge in [0.1, 0.15) is 17.2 Å². The molecule has 8 heteroatoms. The number of rotatable bonds is 5. The summed E-state index contributed by atoms with van der Waals surface area (Å²) in [6.45, 7) is 6.46. The number of carbonyl (C=O) groups is 1. The van der Waals surface area contributed by atoms with E-state index in [1.54, 1.807) is 11.3 Å². The molecule has 1 saturated heterocycles. The average Bonchev–Trinajstić information content (AvgIpc) is 3.11. The van der Waals surface area contributed by atoms with Crippen molar-refractivity contribution in [1.82, 2.24) is 15.2 Å². The van der Waals surface area contributed by atoms with E-state index in [2.05, 4.69) is 40.2 Å². The molecule has 0 aliphatic carbocycles. The number of thiazole rings is 1. The molecule has 29 heavy (non-hydrogen) atoms. The van der Waals surface area contributed by atoms with Crippen LogP contribution in [0.5, 0.6) is 0 Å². The minimum Gasteiger partial charge on any atom is -0.351 e. The predicted octanol–water partition coefficient (Wildman–Crippen LogP) is 3.43. The number of piperazine rings is 1. The Labute approximate surface area is 172 Å². The number of halogens is 2. The van der Waals surface area contributed by atoms with Gasteiger partial charge >= 0.3 is 0 Å². The zero-order valence-electron chi connectivity index (χ0n) is 16.1. The second-order valence-corrected chi connectivity index (χ2v) is 8.16. The lowest BCUT2D eigenvalue weighted by atomic mass is 10.2. The van der Waals surface area contributed by atoms with Crippen LogP contribution >= 0.6 is 11.3 Å². The fourth-order valence-corrected chi connectivity index (χ4v) is 4.56. The van der Waals surface area contributed by atoms with Crippen LogP contribution in [0.2, 0.25) is 0 Å². The number of hydrogen-bond acceptors (Lipinski definition) is 5. The van der Waals surface area contributed by atoms with Crippen LogP contribution in [-0.4, -0.2) is 55.1 Å². The summed E-state index contributed by atoms with van der Waals surface area (Å²) in [6.07, 6.45) is 0. The van der Waals surface area contributed by atoms with Gasteiger partial charge in [-0.25, -0.2) is 13.8 Å². The number of fused-ring (bicyclic) bond motifs is 1. The maximum atomic E-state index is 13.7. The second-order valence-electron chi connectivity index (χ2n) is 7.15. The summed E-state index contributed by atoms with van der Waals surface area (Å²) in [5.41, 5.74) is 1.74. The minimum atomic E-state index is -0.845. The number of aryl methyl sites for hydroxylation is 1. The molecule has 4 rings (SSSR count). The standard InChI is InChI=1S/C21H22F2N4OS/c1-14-5-6-17-18(13-14)29-21(25-17)27-11-9-26(10-12-27)8-7-24-20(28)19-15(22)3-2-4-16(19)23/h2-6,13H,7-12H2,1H3,(H,24,28). The molecule has 1 aliphatic heterocycles. The van der Waals surface area contributed by atoms with E-state index in [1.165, 1.54) is 16.3 Å². The Bertz CT molecular complexity index is 1010. The number of anilines is 1. The number of nitrogens with zero attached hydrogens (tertiary/aromatic N) is 3. The van der Waals surface area contributed by atoms with Crippen LogP contribution in [0.4, 0.5) is 13.9 Å². The first kappa shape index (κ1) is 19.7. The first-order valence-electron chi connectivity index (χ1n) is 9.58. The fraction of sp³-hybridized carbons (Fsp3) is 0.333. The van der Waals surface area contributed by atoms with Gasteiger partial charge in [0.15, 0.2) is 5.13 Å². The van der Waals surface area contributed by atoms with Crippen LogP contribution < -0.4 is 10.2 Å².